The second-order valence-corrected chi connectivity index (χ2v) is 12.3. The molecule has 0 unspecified atom stereocenters. The summed E-state index contributed by atoms with van der Waals surface area (Å²) in [6.45, 7) is 7.33. The van der Waals surface area contributed by atoms with Gasteiger partial charge in [-0.1, -0.05) is 43.7 Å². The quantitative estimate of drug-likeness (QED) is 0.217. The molecule has 9 nitrogen and oxygen atoms in total. The average Bonchev–Trinajstić information content (AvgIpc) is 3.03. The van der Waals surface area contributed by atoms with E-state index in [1.54, 1.807) is 35.7 Å². The summed E-state index contributed by atoms with van der Waals surface area (Å²) < 4.78 is 39.5. The number of hydrogen-bond acceptors (Lipinski definition) is 8. The van der Waals surface area contributed by atoms with Gasteiger partial charge in [0, 0.05) is 43.7 Å². The van der Waals surface area contributed by atoms with Gasteiger partial charge in [0.2, 0.25) is 10.0 Å². The minimum Gasteiger partial charge on any atom is -0.496 e. The molecule has 222 valence electrons. The highest BCUT2D eigenvalue weighted by molar-refractivity contribution is 7.89. The van der Waals surface area contributed by atoms with E-state index in [0.29, 0.717) is 50.9 Å². The number of para-hydroxylation sites is 2. The molecule has 5 rings (SSSR count). The van der Waals surface area contributed by atoms with Crippen molar-refractivity contribution in [3.05, 3.63) is 84.2 Å². The normalized spacial score (nSPS) is 15.4. The number of aromatic nitrogens is 2. The number of nitrogens with zero attached hydrogens (tertiary/aromatic N) is 4. The van der Waals surface area contributed by atoms with E-state index in [2.05, 4.69) is 24.1 Å². The Bertz CT molecular complexity index is 1590. The van der Waals surface area contributed by atoms with Gasteiger partial charge in [-0.25, -0.2) is 18.4 Å². The molecule has 0 aliphatic carbocycles. The van der Waals surface area contributed by atoms with Crippen LogP contribution < -0.4 is 14.8 Å². The molecule has 42 heavy (non-hydrogen) atoms. The van der Waals surface area contributed by atoms with Crippen molar-refractivity contribution >= 4 is 26.7 Å². The second-order valence-electron chi connectivity index (χ2n) is 10.4. The predicted molar refractivity (Wildman–Crippen MR) is 165 cm³/mol. The lowest BCUT2D eigenvalue weighted by atomic mass is 10.1. The molecule has 0 spiro atoms. The molecule has 0 bridgehead atoms. The van der Waals surface area contributed by atoms with Crippen LogP contribution in [0.3, 0.4) is 0 Å². The molecular weight excluding hydrogens is 550 g/mol. The van der Waals surface area contributed by atoms with Crippen molar-refractivity contribution in [2.75, 3.05) is 45.2 Å². The van der Waals surface area contributed by atoms with Crippen molar-refractivity contribution in [1.82, 2.24) is 19.2 Å². The van der Waals surface area contributed by atoms with Crippen LogP contribution in [-0.2, 0) is 16.6 Å². The minimum atomic E-state index is -3.59. The van der Waals surface area contributed by atoms with Crippen molar-refractivity contribution in [3.8, 4) is 11.5 Å². The number of sulfonamides is 1. The molecule has 1 saturated heterocycles. The van der Waals surface area contributed by atoms with Crippen molar-refractivity contribution in [1.29, 1.82) is 0 Å². The van der Waals surface area contributed by atoms with Crippen LogP contribution in [0, 0.1) is 0 Å². The lowest BCUT2D eigenvalue weighted by molar-refractivity contribution is 0.141. The Hall–Kier alpha value is -3.73. The fourth-order valence-corrected chi connectivity index (χ4v) is 6.55. The number of ether oxygens (including phenoxy) is 2. The number of hydrogen-bond donors (Lipinski definition) is 1. The van der Waals surface area contributed by atoms with Crippen molar-refractivity contribution in [2.24, 2.45) is 0 Å². The Morgan fingerprint density at radius 2 is 1.64 bits per heavy atom. The summed E-state index contributed by atoms with van der Waals surface area (Å²) in [7, 11) is -1.92. The van der Waals surface area contributed by atoms with Crippen molar-refractivity contribution < 1.29 is 17.9 Å². The molecule has 10 heteroatoms. The molecule has 3 aromatic carbocycles. The Kier molecular flexibility index (Phi) is 9.56. The van der Waals surface area contributed by atoms with Gasteiger partial charge < -0.3 is 14.8 Å². The van der Waals surface area contributed by atoms with Crippen molar-refractivity contribution in [2.45, 2.75) is 44.2 Å². The summed E-state index contributed by atoms with van der Waals surface area (Å²) in [6.07, 6.45) is 2.01. The van der Waals surface area contributed by atoms with E-state index in [-0.39, 0.29) is 10.9 Å². The predicted octanol–water partition coefficient (Wildman–Crippen LogP) is 5.50. The molecule has 1 aliphatic rings. The van der Waals surface area contributed by atoms with E-state index in [0.717, 1.165) is 40.9 Å². The van der Waals surface area contributed by atoms with Gasteiger partial charge in [-0.05, 0) is 55.8 Å². The number of piperazine rings is 1. The number of unbranched alkanes of at least 4 members (excludes halogenated alkanes) is 1. The zero-order valence-corrected chi connectivity index (χ0v) is 25.3. The Morgan fingerprint density at radius 1 is 0.929 bits per heavy atom. The van der Waals surface area contributed by atoms with E-state index in [1.807, 2.05) is 48.5 Å². The maximum Gasteiger partial charge on any atom is 0.243 e. The highest BCUT2D eigenvalue weighted by Crippen LogP contribution is 2.28. The van der Waals surface area contributed by atoms with Gasteiger partial charge in [0.05, 0.1) is 30.2 Å². The fourth-order valence-electron chi connectivity index (χ4n) is 5.13. The summed E-state index contributed by atoms with van der Waals surface area (Å²) in [5, 5.41) is 4.44. The smallest absolute Gasteiger partial charge is 0.243 e. The van der Waals surface area contributed by atoms with Crippen LogP contribution in [0.15, 0.2) is 77.7 Å². The molecule has 0 saturated carbocycles. The maximum atomic E-state index is 13.4. The molecule has 1 atom stereocenters. The first-order valence-corrected chi connectivity index (χ1v) is 15.9. The fraction of sp³-hybridized carbons (Fsp3) is 0.375. The largest absolute Gasteiger partial charge is 0.496 e. The number of rotatable bonds is 12. The molecule has 0 radical (unpaired) electrons. The van der Waals surface area contributed by atoms with Crippen LogP contribution in [-0.4, -0.2) is 67.5 Å². The van der Waals surface area contributed by atoms with Gasteiger partial charge in [-0.3, -0.25) is 4.90 Å². The highest BCUT2D eigenvalue weighted by atomic mass is 32.2. The summed E-state index contributed by atoms with van der Waals surface area (Å²) in [5.74, 6) is 2.97. The number of anilines is 1. The molecular formula is C32H39N5O4S. The SMILES string of the molecule is CCCCOc1ccc(S(=O)(=O)N2CCN([C@H](C)c3nc(NCc4ccccc4OC)c4ccccc4n3)CC2)cc1. The van der Waals surface area contributed by atoms with Gasteiger partial charge in [0.25, 0.3) is 0 Å². The number of fused-ring (bicyclic) bond motifs is 1. The van der Waals surface area contributed by atoms with Gasteiger partial charge in [0.1, 0.15) is 23.1 Å². The lowest BCUT2D eigenvalue weighted by Crippen LogP contribution is -2.49. The van der Waals surface area contributed by atoms with Crippen LogP contribution in [0.2, 0.25) is 0 Å². The number of nitrogens with one attached hydrogen (secondary N) is 1. The highest BCUT2D eigenvalue weighted by Gasteiger charge is 2.31. The van der Waals surface area contributed by atoms with Crippen LogP contribution >= 0.6 is 0 Å². The number of benzene rings is 3. The summed E-state index contributed by atoms with van der Waals surface area (Å²) in [6, 6.07) is 22.5. The molecule has 1 aliphatic heterocycles. The summed E-state index contributed by atoms with van der Waals surface area (Å²) in [5.41, 5.74) is 1.90. The third-order valence-electron chi connectivity index (χ3n) is 7.68. The van der Waals surface area contributed by atoms with E-state index in [9.17, 15) is 8.42 Å². The molecule has 1 aromatic heterocycles. The first-order chi connectivity index (χ1) is 20.4. The zero-order chi connectivity index (χ0) is 29.5. The zero-order valence-electron chi connectivity index (χ0n) is 24.5. The molecule has 4 aromatic rings. The van der Waals surface area contributed by atoms with Gasteiger partial charge in [-0.15, -0.1) is 0 Å². The molecule has 0 amide bonds. The molecule has 1 fully saturated rings. The topological polar surface area (TPSA) is 96.9 Å². The standard InChI is InChI=1S/C32H39N5O4S/c1-4-5-22-41-26-14-16-27(17-15-26)42(38,39)37-20-18-36(19-21-37)24(2)31-34-29-12-8-7-11-28(29)32(35-31)33-23-25-10-6-9-13-30(25)40-3/h6-17,24H,4-5,18-23H2,1-3H3,(H,33,34,35)/t24-/m1/s1. The summed E-state index contributed by atoms with van der Waals surface area (Å²) in [4.78, 5) is 12.4. The number of methoxy groups -OCH3 is 1. The van der Waals surface area contributed by atoms with E-state index >= 15 is 0 Å². The monoisotopic (exact) mass is 589 g/mol. The van der Waals surface area contributed by atoms with Crippen LogP contribution in [0.5, 0.6) is 11.5 Å². The van der Waals surface area contributed by atoms with Crippen LogP contribution in [0.1, 0.15) is 44.1 Å². The average molecular weight is 590 g/mol. The molecule has 2 heterocycles. The van der Waals surface area contributed by atoms with Gasteiger partial charge >= 0.3 is 0 Å². The first-order valence-electron chi connectivity index (χ1n) is 14.5. The molecule has 1 N–H and O–H groups in total. The van der Waals surface area contributed by atoms with Crippen LogP contribution in [0.25, 0.3) is 10.9 Å². The van der Waals surface area contributed by atoms with E-state index in [1.165, 1.54) is 0 Å². The second kappa shape index (κ2) is 13.5. The first kappa shape index (κ1) is 29.8. The third-order valence-corrected chi connectivity index (χ3v) is 9.59. The maximum absolute atomic E-state index is 13.4. The van der Waals surface area contributed by atoms with Crippen molar-refractivity contribution in [3.63, 3.8) is 0 Å². The lowest BCUT2D eigenvalue weighted by Gasteiger charge is -2.36. The van der Waals surface area contributed by atoms with Crippen LogP contribution in [0.4, 0.5) is 5.82 Å². The summed E-state index contributed by atoms with van der Waals surface area (Å²) >= 11 is 0. The third kappa shape index (κ3) is 6.67. The minimum absolute atomic E-state index is 0.0918. The van der Waals surface area contributed by atoms with E-state index < -0.39 is 10.0 Å². The van der Waals surface area contributed by atoms with E-state index in [4.69, 9.17) is 19.4 Å². The van der Waals surface area contributed by atoms with Gasteiger partial charge in [-0.2, -0.15) is 4.31 Å². The Morgan fingerprint density at radius 3 is 2.38 bits per heavy atom. The van der Waals surface area contributed by atoms with Gasteiger partial charge in [0.15, 0.2) is 0 Å². The Labute approximate surface area is 248 Å². The Balaban J connectivity index is 1.27.